The Morgan fingerprint density at radius 2 is 1.81 bits per heavy atom. The van der Waals surface area contributed by atoms with E-state index in [0.29, 0.717) is 23.4 Å². The highest BCUT2D eigenvalue weighted by Gasteiger charge is 2.32. The first-order valence-electron chi connectivity index (χ1n) is 9.04. The Balaban J connectivity index is 1.87. The highest BCUT2D eigenvalue weighted by molar-refractivity contribution is 6.30. The van der Waals surface area contributed by atoms with E-state index in [-0.39, 0.29) is 23.4 Å². The van der Waals surface area contributed by atoms with Crippen LogP contribution in [0.25, 0.3) is 0 Å². The lowest BCUT2D eigenvalue weighted by atomic mass is 9.73. The third-order valence-corrected chi connectivity index (χ3v) is 5.46. The molecule has 2 aromatic rings. The van der Waals surface area contributed by atoms with Crippen molar-refractivity contribution in [3.05, 3.63) is 64.7 Å². The van der Waals surface area contributed by atoms with Crippen LogP contribution in [0.15, 0.2) is 48.5 Å². The summed E-state index contributed by atoms with van der Waals surface area (Å²) in [6.07, 6.45) is 3.79. The Labute approximate surface area is 159 Å². The van der Waals surface area contributed by atoms with Gasteiger partial charge in [-0.3, -0.25) is 9.59 Å². The lowest BCUT2D eigenvalue weighted by Gasteiger charge is -2.29. The van der Waals surface area contributed by atoms with Crippen LogP contribution in [-0.2, 0) is 4.79 Å². The molecule has 3 nitrogen and oxygen atoms in total. The van der Waals surface area contributed by atoms with Gasteiger partial charge in [0.1, 0.15) is 11.5 Å². The molecule has 1 fully saturated rings. The molecule has 26 heavy (non-hydrogen) atoms. The molecule has 0 aliphatic heterocycles. The van der Waals surface area contributed by atoms with Crippen LogP contribution in [0.4, 0.5) is 0 Å². The number of Topliss-reactive ketones (excluding diaryl/α,β-unsaturated/α-hetero) is 2. The Bertz CT molecular complexity index is 765. The number of rotatable bonds is 6. The summed E-state index contributed by atoms with van der Waals surface area (Å²) in [5.74, 6) is 0.901. The van der Waals surface area contributed by atoms with E-state index in [1.54, 1.807) is 31.4 Å². The van der Waals surface area contributed by atoms with Crippen molar-refractivity contribution in [2.24, 2.45) is 5.92 Å². The first-order chi connectivity index (χ1) is 12.6. The number of methoxy groups -OCH3 is 1. The SMILES string of the molecule is COc1ccc([C@@H](CC(=O)c2ccc(Cl)cc2)[C@@H]2CCCCC2=O)cc1. The summed E-state index contributed by atoms with van der Waals surface area (Å²) in [7, 11) is 1.63. The van der Waals surface area contributed by atoms with Crippen LogP contribution in [0, 0.1) is 5.92 Å². The molecule has 1 aliphatic carbocycles. The maximum absolute atomic E-state index is 12.8. The average Bonchev–Trinajstić information content (AvgIpc) is 2.67. The van der Waals surface area contributed by atoms with E-state index in [9.17, 15) is 9.59 Å². The molecule has 0 unspecified atom stereocenters. The minimum Gasteiger partial charge on any atom is -0.497 e. The Morgan fingerprint density at radius 1 is 1.12 bits per heavy atom. The second-order valence-corrected chi connectivity index (χ2v) is 7.27. The van der Waals surface area contributed by atoms with Crippen molar-refractivity contribution >= 4 is 23.2 Å². The van der Waals surface area contributed by atoms with Crippen LogP contribution < -0.4 is 4.74 Å². The minimum atomic E-state index is -0.100. The fraction of sp³-hybridized carbons (Fsp3) is 0.364. The highest BCUT2D eigenvalue weighted by Crippen LogP contribution is 2.37. The van der Waals surface area contributed by atoms with Gasteiger partial charge in [-0.15, -0.1) is 0 Å². The summed E-state index contributed by atoms with van der Waals surface area (Å²) >= 11 is 5.92. The lowest BCUT2D eigenvalue weighted by molar-refractivity contribution is -0.125. The number of ether oxygens (including phenoxy) is 1. The van der Waals surface area contributed by atoms with Crippen molar-refractivity contribution in [1.29, 1.82) is 0 Å². The van der Waals surface area contributed by atoms with Crippen molar-refractivity contribution in [2.45, 2.75) is 38.0 Å². The van der Waals surface area contributed by atoms with Gasteiger partial charge in [-0.2, -0.15) is 0 Å². The number of hydrogen-bond donors (Lipinski definition) is 0. The first-order valence-corrected chi connectivity index (χ1v) is 9.41. The van der Waals surface area contributed by atoms with E-state index in [1.807, 2.05) is 24.3 Å². The van der Waals surface area contributed by atoms with E-state index in [2.05, 4.69) is 0 Å². The molecular formula is C22H23ClO3. The van der Waals surface area contributed by atoms with Gasteiger partial charge in [0.15, 0.2) is 5.78 Å². The summed E-state index contributed by atoms with van der Waals surface area (Å²) in [5, 5.41) is 0.607. The maximum atomic E-state index is 12.8. The van der Waals surface area contributed by atoms with Gasteiger partial charge in [-0.05, 0) is 54.8 Å². The van der Waals surface area contributed by atoms with Gasteiger partial charge >= 0.3 is 0 Å². The second kappa shape index (κ2) is 8.50. The van der Waals surface area contributed by atoms with Crippen LogP contribution in [-0.4, -0.2) is 18.7 Å². The van der Waals surface area contributed by atoms with Crippen molar-refractivity contribution in [2.75, 3.05) is 7.11 Å². The van der Waals surface area contributed by atoms with Crippen LogP contribution in [0.5, 0.6) is 5.75 Å². The molecule has 0 saturated heterocycles. The maximum Gasteiger partial charge on any atom is 0.163 e. The molecule has 0 aromatic heterocycles. The zero-order valence-electron chi connectivity index (χ0n) is 14.9. The summed E-state index contributed by atoms with van der Waals surface area (Å²) in [4.78, 5) is 25.4. The van der Waals surface area contributed by atoms with Gasteiger partial charge in [0, 0.05) is 35.3 Å². The van der Waals surface area contributed by atoms with Crippen molar-refractivity contribution in [3.8, 4) is 5.75 Å². The lowest BCUT2D eigenvalue weighted by Crippen LogP contribution is -2.27. The predicted molar refractivity (Wildman–Crippen MR) is 103 cm³/mol. The smallest absolute Gasteiger partial charge is 0.163 e. The molecule has 0 spiro atoms. The van der Waals surface area contributed by atoms with Crippen molar-refractivity contribution < 1.29 is 14.3 Å². The van der Waals surface area contributed by atoms with Crippen molar-refractivity contribution in [3.63, 3.8) is 0 Å². The monoisotopic (exact) mass is 370 g/mol. The molecular weight excluding hydrogens is 348 g/mol. The molecule has 0 heterocycles. The van der Waals surface area contributed by atoms with Gasteiger partial charge in [0.05, 0.1) is 7.11 Å². The molecule has 0 radical (unpaired) electrons. The van der Waals surface area contributed by atoms with E-state index in [4.69, 9.17) is 16.3 Å². The third-order valence-electron chi connectivity index (χ3n) is 5.20. The molecule has 0 amide bonds. The molecule has 4 heteroatoms. The summed E-state index contributed by atoms with van der Waals surface area (Å²) in [6, 6.07) is 14.7. The van der Waals surface area contributed by atoms with Gasteiger partial charge in [-0.25, -0.2) is 0 Å². The van der Waals surface area contributed by atoms with Gasteiger partial charge in [-0.1, -0.05) is 30.2 Å². The fourth-order valence-corrected chi connectivity index (χ4v) is 3.86. The summed E-state index contributed by atoms with van der Waals surface area (Å²) < 4.78 is 5.23. The minimum absolute atomic E-state index is 0.0425. The quantitative estimate of drug-likeness (QED) is 0.633. The Morgan fingerprint density at radius 3 is 2.42 bits per heavy atom. The number of ketones is 2. The Kier molecular flexibility index (Phi) is 6.10. The largest absolute Gasteiger partial charge is 0.497 e. The molecule has 1 saturated carbocycles. The predicted octanol–water partition coefficient (Wildman–Crippen LogP) is 5.46. The second-order valence-electron chi connectivity index (χ2n) is 6.83. The van der Waals surface area contributed by atoms with E-state index < -0.39 is 0 Å². The topological polar surface area (TPSA) is 43.4 Å². The third kappa shape index (κ3) is 4.34. The van der Waals surface area contributed by atoms with E-state index >= 15 is 0 Å². The standard InChI is InChI=1S/C22H23ClO3/c1-26-18-12-8-15(9-13-18)20(19-4-2-3-5-21(19)24)14-22(25)16-6-10-17(23)11-7-16/h6-13,19-20H,2-5,14H2,1H3/t19-,20+/m0/s1. The van der Waals surface area contributed by atoms with Crippen LogP contribution in [0.3, 0.4) is 0 Å². The number of carbonyl (C=O) groups is 2. The van der Waals surface area contributed by atoms with Crippen LogP contribution in [0.1, 0.15) is 53.9 Å². The molecule has 2 atom stereocenters. The molecule has 0 N–H and O–H groups in total. The summed E-state index contributed by atoms with van der Waals surface area (Å²) in [6.45, 7) is 0. The highest BCUT2D eigenvalue weighted by atomic mass is 35.5. The molecule has 3 rings (SSSR count). The molecule has 2 aromatic carbocycles. The van der Waals surface area contributed by atoms with Crippen LogP contribution >= 0.6 is 11.6 Å². The Hall–Kier alpha value is -2.13. The molecule has 136 valence electrons. The number of carbonyl (C=O) groups excluding carboxylic acids is 2. The van der Waals surface area contributed by atoms with Crippen LogP contribution in [0.2, 0.25) is 5.02 Å². The normalized spacial score (nSPS) is 18.4. The first kappa shape index (κ1) is 18.7. The number of benzene rings is 2. The van der Waals surface area contributed by atoms with Gasteiger partial charge < -0.3 is 4.74 Å². The van der Waals surface area contributed by atoms with Gasteiger partial charge in [0.25, 0.3) is 0 Å². The molecule has 1 aliphatic rings. The van der Waals surface area contributed by atoms with Gasteiger partial charge in [0.2, 0.25) is 0 Å². The number of hydrogen-bond acceptors (Lipinski definition) is 3. The summed E-state index contributed by atoms with van der Waals surface area (Å²) in [5.41, 5.74) is 1.66. The number of halogens is 1. The zero-order valence-corrected chi connectivity index (χ0v) is 15.7. The van der Waals surface area contributed by atoms with E-state index in [1.165, 1.54) is 0 Å². The average molecular weight is 371 g/mol. The zero-order chi connectivity index (χ0) is 18.5. The van der Waals surface area contributed by atoms with E-state index in [0.717, 1.165) is 30.6 Å². The fourth-order valence-electron chi connectivity index (χ4n) is 3.73. The van der Waals surface area contributed by atoms with Crippen molar-refractivity contribution in [1.82, 2.24) is 0 Å². The molecule has 0 bridgehead atoms.